The Morgan fingerprint density at radius 1 is 1.02 bits per heavy atom. The molecule has 1 atom stereocenters. The molecular weight excluding hydrogens is 518 g/mol. The van der Waals surface area contributed by atoms with E-state index in [1.165, 1.54) is 4.90 Å². The number of aromatic nitrogens is 5. The van der Waals surface area contributed by atoms with Gasteiger partial charge in [-0.15, -0.1) is 10.2 Å². The van der Waals surface area contributed by atoms with E-state index in [-0.39, 0.29) is 18.2 Å². The van der Waals surface area contributed by atoms with Gasteiger partial charge >= 0.3 is 0 Å². The van der Waals surface area contributed by atoms with Crippen LogP contribution >= 0.6 is 0 Å². The number of anilines is 2. The molecule has 0 spiro atoms. The van der Waals surface area contributed by atoms with Crippen LogP contribution < -0.4 is 22.1 Å². The largest absolute Gasteiger partial charge is 0.384 e. The molecule has 41 heavy (non-hydrogen) atoms. The van der Waals surface area contributed by atoms with Crippen LogP contribution in [0.5, 0.6) is 0 Å². The van der Waals surface area contributed by atoms with E-state index in [2.05, 4.69) is 25.6 Å². The Kier molecular flexibility index (Phi) is 8.46. The lowest BCUT2D eigenvalue weighted by molar-refractivity contribution is -0.130. The number of H-pyrrole nitrogens is 1. The van der Waals surface area contributed by atoms with Crippen molar-refractivity contribution in [1.82, 2.24) is 25.6 Å². The first-order valence-corrected chi connectivity index (χ1v) is 13.8. The number of hydrogen-bond acceptors (Lipinski definition) is 9. The highest BCUT2D eigenvalue weighted by Gasteiger charge is 2.35. The molecule has 1 aliphatic rings. The Morgan fingerprint density at radius 3 is 2.44 bits per heavy atom. The van der Waals surface area contributed by atoms with E-state index in [9.17, 15) is 9.59 Å². The van der Waals surface area contributed by atoms with Gasteiger partial charge < -0.3 is 17.2 Å². The van der Waals surface area contributed by atoms with Gasteiger partial charge in [0.1, 0.15) is 5.82 Å². The molecule has 5 rings (SSSR count). The molecule has 0 bridgehead atoms. The molecule has 1 saturated carbocycles. The Bertz CT molecular complexity index is 1500. The van der Waals surface area contributed by atoms with Gasteiger partial charge in [-0.1, -0.05) is 24.3 Å². The van der Waals surface area contributed by atoms with Gasteiger partial charge in [0, 0.05) is 22.7 Å². The highest BCUT2D eigenvalue weighted by molar-refractivity contribution is 6.17. The van der Waals surface area contributed by atoms with Crippen molar-refractivity contribution in [3.8, 4) is 22.5 Å². The van der Waals surface area contributed by atoms with Crippen LogP contribution in [0.3, 0.4) is 0 Å². The van der Waals surface area contributed by atoms with Gasteiger partial charge in [0.05, 0.1) is 11.7 Å². The van der Waals surface area contributed by atoms with Crippen molar-refractivity contribution in [3.05, 3.63) is 71.9 Å². The topological polar surface area (TPSA) is 183 Å². The van der Waals surface area contributed by atoms with Gasteiger partial charge in [0.25, 0.3) is 5.91 Å². The van der Waals surface area contributed by atoms with Crippen molar-refractivity contribution in [2.75, 3.05) is 17.2 Å². The van der Waals surface area contributed by atoms with Crippen LogP contribution in [-0.2, 0) is 16.0 Å². The lowest BCUT2D eigenvalue weighted by Gasteiger charge is -2.32. The number of tetrazole rings is 1. The highest BCUT2D eigenvalue weighted by atomic mass is 16.2. The Labute approximate surface area is 238 Å². The minimum absolute atomic E-state index is 0.231. The minimum Gasteiger partial charge on any atom is -0.384 e. The molecule has 1 fully saturated rings. The third-order valence-corrected chi connectivity index (χ3v) is 7.82. The van der Waals surface area contributed by atoms with Gasteiger partial charge in [0.2, 0.25) is 11.7 Å². The maximum atomic E-state index is 13.9. The Balaban J connectivity index is 1.39. The minimum atomic E-state index is -0.933. The summed E-state index contributed by atoms with van der Waals surface area (Å²) in [5.41, 5.74) is 23.0. The van der Waals surface area contributed by atoms with E-state index in [0.717, 1.165) is 35.2 Å². The summed E-state index contributed by atoms with van der Waals surface area (Å²) in [6, 6.07) is 17.5. The molecule has 4 aromatic rings. The van der Waals surface area contributed by atoms with Gasteiger partial charge in [-0.3, -0.25) is 9.59 Å². The number of nitrogens with zero attached hydrogens (tertiary/aromatic N) is 5. The van der Waals surface area contributed by atoms with Gasteiger partial charge in [-0.05, 0) is 104 Å². The van der Waals surface area contributed by atoms with Crippen molar-refractivity contribution in [2.24, 2.45) is 23.3 Å². The monoisotopic (exact) mass is 553 g/mol. The van der Waals surface area contributed by atoms with E-state index in [0.29, 0.717) is 48.2 Å². The molecule has 11 nitrogen and oxygen atoms in total. The molecule has 0 radical (unpaired) electrons. The molecule has 7 N–H and O–H groups in total. The van der Waals surface area contributed by atoms with Crippen LogP contribution in [0, 0.1) is 18.8 Å². The summed E-state index contributed by atoms with van der Waals surface area (Å²) in [4.78, 5) is 33.4. The van der Waals surface area contributed by atoms with Crippen LogP contribution in [0.15, 0.2) is 60.7 Å². The number of rotatable bonds is 8. The molecule has 0 unspecified atom stereocenters. The molecule has 0 saturated heterocycles. The van der Waals surface area contributed by atoms with E-state index in [4.69, 9.17) is 17.2 Å². The smallest absolute Gasteiger partial charge is 0.251 e. The second-order valence-corrected chi connectivity index (χ2v) is 10.6. The molecule has 0 aliphatic heterocycles. The second kappa shape index (κ2) is 12.4. The molecule has 11 heteroatoms. The molecule has 2 aromatic heterocycles. The zero-order chi connectivity index (χ0) is 28.9. The van der Waals surface area contributed by atoms with Crippen molar-refractivity contribution in [2.45, 2.75) is 45.1 Å². The second-order valence-electron chi connectivity index (χ2n) is 10.6. The number of hydrogen-bond donors (Lipinski definition) is 4. The van der Waals surface area contributed by atoms with E-state index in [1.807, 2.05) is 37.3 Å². The number of benzene rings is 2. The number of aromatic amines is 1. The van der Waals surface area contributed by atoms with E-state index in [1.54, 1.807) is 30.3 Å². The molecule has 2 aromatic carbocycles. The van der Waals surface area contributed by atoms with Crippen LogP contribution in [0.4, 0.5) is 11.5 Å². The Hall–Kier alpha value is -4.48. The number of pyridine rings is 1. The average molecular weight is 554 g/mol. The van der Waals surface area contributed by atoms with Crippen molar-refractivity contribution in [3.63, 3.8) is 0 Å². The van der Waals surface area contributed by atoms with E-state index >= 15 is 0 Å². The number of nitrogen functional groups attached to an aromatic ring is 1. The number of nitrogens with two attached hydrogens (primary N) is 3. The van der Waals surface area contributed by atoms with Crippen LogP contribution in [-0.4, -0.2) is 50.0 Å². The summed E-state index contributed by atoms with van der Waals surface area (Å²) in [6.45, 7) is 2.51. The summed E-state index contributed by atoms with van der Waals surface area (Å²) in [5, 5.41) is 14.0. The normalized spacial score (nSPS) is 17.6. The van der Waals surface area contributed by atoms with Gasteiger partial charge in [-0.25, -0.2) is 9.88 Å². The maximum Gasteiger partial charge on any atom is 0.251 e. The highest BCUT2D eigenvalue weighted by Crippen LogP contribution is 2.32. The number of amides is 2. The van der Waals surface area contributed by atoms with Gasteiger partial charge in [-0.2, -0.15) is 5.21 Å². The first kappa shape index (κ1) is 28.1. The number of carbonyl (C=O) groups is 2. The fourth-order valence-electron chi connectivity index (χ4n) is 5.49. The number of aryl methyl sites for hydroxylation is 1. The summed E-state index contributed by atoms with van der Waals surface area (Å²) in [5.74, 6) is 0.345. The lowest BCUT2D eigenvalue weighted by atomic mass is 9.81. The predicted octanol–water partition coefficient (Wildman–Crippen LogP) is 3.01. The standard InChI is InChI=1S/C30H35N9O2/c1-18-25(13-14-27(33)34-18)23-4-2-3-20(15-23)16-26(32)30(41)39(29(40)22-7-5-19(17-31)6-8-22)24-11-9-21(10-12-24)28-35-37-38-36-28/h2-4,9-15,19,22,26H,5-8,16-17,31-32H2,1H3,(H2,33,34)(H,35,36,37,38)/t19?,22?,26-/m0/s1. The molecule has 2 amide bonds. The summed E-state index contributed by atoms with van der Waals surface area (Å²) in [6.07, 6.45) is 3.38. The third kappa shape index (κ3) is 6.31. The molecular formula is C30H35N9O2. The number of nitrogens with one attached hydrogen (secondary N) is 1. The SMILES string of the molecule is Cc1nc(N)ccc1-c1cccc(C[C@H](N)C(=O)N(C(=O)C2CCC(CN)CC2)c2ccc(-c3nn[nH]n3)cc2)c1. The zero-order valence-electron chi connectivity index (χ0n) is 23.0. The molecule has 1 aliphatic carbocycles. The van der Waals surface area contributed by atoms with Crippen molar-refractivity contribution < 1.29 is 9.59 Å². The Morgan fingerprint density at radius 2 is 1.78 bits per heavy atom. The number of imide groups is 1. The summed E-state index contributed by atoms with van der Waals surface area (Å²) >= 11 is 0. The van der Waals surface area contributed by atoms with Crippen LogP contribution in [0.25, 0.3) is 22.5 Å². The van der Waals surface area contributed by atoms with Crippen molar-refractivity contribution in [1.29, 1.82) is 0 Å². The fraction of sp³-hybridized carbons (Fsp3) is 0.333. The first-order chi connectivity index (χ1) is 19.8. The van der Waals surface area contributed by atoms with Gasteiger partial charge in [0.15, 0.2) is 0 Å². The average Bonchev–Trinajstić information content (AvgIpc) is 3.53. The lowest BCUT2D eigenvalue weighted by Crippen LogP contribution is -2.50. The van der Waals surface area contributed by atoms with E-state index < -0.39 is 11.9 Å². The quantitative estimate of drug-likeness (QED) is 0.255. The number of carbonyl (C=O) groups excluding carboxylic acids is 2. The molecule has 2 heterocycles. The fourth-order valence-corrected chi connectivity index (χ4v) is 5.49. The summed E-state index contributed by atoms with van der Waals surface area (Å²) < 4.78 is 0. The molecule has 212 valence electrons. The van der Waals surface area contributed by atoms with Crippen LogP contribution in [0.1, 0.15) is 36.9 Å². The first-order valence-electron chi connectivity index (χ1n) is 13.8. The third-order valence-electron chi connectivity index (χ3n) is 7.82. The predicted molar refractivity (Wildman–Crippen MR) is 157 cm³/mol. The van der Waals surface area contributed by atoms with Crippen LogP contribution in [0.2, 0.25) is 0 Å². The maximum absolute atomic E-state index is 13.9. The summed E-state index contributed by atoms with van der Waals surface area (Å²) in [7, 11) is 0. The zero-order valence-corrected chi connectivity index (χ0v) is 23.0. The van der Waals surface area contributed by atoms with Crippen molar-refractivity contribution >= 4 is 23.3 Å².